The molecule has 0 amide bonds. The summed E-state index contributed by atoms with van der Waals surface area (Å²) < 4.78 is 16.9. The van der Waals surface area contributed by atoms with Gasteiger partial charge in [-0.25, -0.2) is 0 Å². The van der Waals surface area contributed by atoms with Crippen molar-refractivity contribution in [1.29, 1.82) is 0 Å². The molecule has 0 aromatic heterocycles. The van der Waals surface area contributed by atoms with Crippen LogP contribution >= 0.6 is 0 Å². The predicted molar refractivity (Wildman–Crippen MR) is 344 cm³/mol. The smallest absolute Gasteiger partial charge is 0.306 e. The first-order valence-corrected chi connectivity index (χ1v) is 34.8. The summed E-state index contributed by atoms with van der Waals surface area (Å²) in [5.74, 6) is -0.868. The molecule has 1 atom stereocenters. The number of hydrogen-bond donors (Lipinski definition) is 0. The van der Waals surface area contributed by atoms with Gasteiger partial charge in [-0.15, -0.1) is 0 Å². The number of esters is 3. The molecular weight excluding hydrogens is 973 g/mol. The number of unbranched alkanes of at least 4 members (excludes halogenated alkanes) is 43. The summed E-state index contributed by atoms with van der Waals surface area (Å²) in [6, 6.07) is 0. The Balaban J connectivity index is 4.21. The van der Waals surface area contributed by atoms with Crippen LogP contribution in [0.15, 0.2) is 60.8 Å². The van der Waals surface area contributed by atoms with E-state index in [4.69, 9.17) is 14.2 Å². The largest absolute Gasteiger partial charge is 0.462 e. The number of carbonyl (C=O) groups is 3. The molecule has 0 aliphatic carbocycles. The molecular formula is C73H132O6. The third-order valence-corrected chi connectivity index (χ3v) is 15.5. The topological polar surface area (TPSA) is 78.9 Å². The minimum atomic E-state index is -0.779. The maximum atomic E-state index is 12.9. The molecule has 0 aliphatic rings. The molecule has 1 unspecified atom stereocenters. The lowest BCUT2D eigenvalue weighted by atomic mass is 10.0. The summed E-state index contributed by atoms with van der Waals surface area (Å²) in [6.07, 6.45) is 86.8. The van der Waals surface area contributed by atoms with E-state index in [2.05, 4.69) is 81.5 Å². The van der Waals surface area contributed by atoms with Gasteiger partial charge < -0.3 is 14.2 Å². The maximum Gasteiger partial charge on any atom is 0.306 e. The van der Waals surface area contributed by atoms with E-state index in [0.29, 0.717) is 19.3 Å². The molecule has 6 heteroatoms. The zero-order valence-corrected chi connectivity index (χ0v) is 52.9. The normalized spacial score (nSPS) is 12.4. The molecule has 460 valence electrons. The fourth-order valence-corrected chi connectivity index (χ4v) is 10.2. The molecule has 0 spiro atoms. The minimum Gasteiger partial charge on any atom is -0.462 e. The van der Waals surface area contributed by atoms with Gasteiger partial charge in [0.2, 0.25) is 0 Å². The van der Waals surface area contributed by atoms with Crippen molar-refractivity contribution in [3.8, 4) is 0 Å². The molecule has 0 saturated carbocycles. The van der Waals surface area contributed by atoms with Crippen molar-refractivity contribution >= 4 is 17.9 Å². The fraction of sp³-hybridized carbons (Fsp3) is 0.822. The van der Waals surface area contributed by atoms with Crippen molar-refractivity contribution in [2.24, 2.45) is 0 Å². The molecule has 0 heterocycles. The maximum absolute atomic E-state index is 12.9. The first kappa shape index (κ1) is 76.1. The third-order valence-electron chi connectivity index (χ3n) is 15.5. The fourth-order valence-electron chi connectivity index (χ4n) is 10.2. The molecule has 0 N–H and O–H groups in total. The van der Waals surface area contributed by atoms with Gasteiger partial charge in [-0.1, -0.05) is 306 Å². The number of rotatable bonds is 64. The van der Waals surface area contributed by atoms with E-state index in [1.54, 1.807) is 0 Å². The zero-order valence-electron chi connectivity index (χ0n) is 52.9. The highest BCUT2D eigenvalue weighted by molar-refractivity contribution is 5.71. The zero-order chi connectivity index (χ0) is 57.1. The van der Waals surface area contributed by atoms with Gasteiger partial charge in [0.1, 0.15) is 13.2 Å². The van der Waals surface area contributed by atoms with E-state index >= 15 is 0 Å². The Labute approximate surface area is 491 Å². The Hall–Kier alpha value is -2.89. The van der Waals surface area contributed by atoms with Crippen molar-refractivity contribution in [3.05, 3.63) is 60.8 Å². The standard InChI is InChI=1S/C73H132O6/c1-4-7-10-13-16-19-22-24-26-28-30-32-34-35-36-37-39-40-42-44-46-48-51-54-57-60-63-66-72(75)78-69-70(68-77-71(74)65-62-59-56-53-50-21-18-15-12-9-6-3)79-73(76)67-64-61-58-55-52-49-47-45-43-41-38-33-31-29-27-25-23-20-17-14-11-8-5-2/h15,18,22,24,28-31,34-35,70H,4-14,16-17,19-21,23,25-27,32-33,36-69H2,1-3H3/b18-15-,24-22-,30-28-,31-29-,35-34-. The summed E-state index contributed by atoms with van der Waals surface area (Å²) >= 11 is 0. The Morgan fingerprint density at radius 2 is 0.468 bits per heavy atom. The van der Waals surface area contributed by atoms with Crippen LogP contribution in [0.4, 0.5) is 0 Å². The van der Waals surface area contributed by atoms with Crippen molar-refractivity contribution in [2.45, 2.75) is 374 Å². The van der Waals surface area contributed by atoms with Crippen molar-refractivity contribution in [3.63, 3.8) is 0 Å². The van der Waals surface area contributed by atoms with Crippen LogP contribution in [0, 0.1) is 0 Å². The van der Waals surface area contributed by atoms with Gasteiger partial charge in [-0.3, -0.25) is 14.4 Å². The predicted octanol–water partition coefficient (Wildman–Crippen LogP) is 23.9. The molecule has 0 aromatic rings. The van der Waals surface area contributed by atoms with Crippen LogP contribution in [0.3, 0.4) is 0 Å². The van der Waals surface area contributed by atoms with Gasteiger partial charge >= 0.3 is 17.9 Å². The molecule has 0 aromatic carbocycles. The molecule has 0 rings (SSSR count). The Bertz CT molecular complexity index is 1410. The lowest BCUT2D eigenvalue weighted by Crippen LogP contribution is -2.30. The number of allylic oxidation sites excluding steroid dienone is 10. The van der Waals surface area contributed by atoms with Crippen LogP contribution in [0.5, 0.6) is 0 Å². The lowest BCUT2D eigenvalue weighted by Gasteiger charge is -2.18. The van der Waals surface area contributed by atoms with E-state index in [0.717, 1.165) is 77.0 Å². The van der Waals surface area contributed by atoms with Gasteiger partial charge in [0.05, 0.1) is 0 Å². The second kappa shape index (κ2) is 67.6. The van der Waals surface area contributed by atoms with E-state index < -0.39 is 6.10 Å². The Morgan fingerprint density at radius 3 is 0.759 bits per heavy atom. The highest BCUT2D eigenvalue weighted by atomic mass is 16.6. The second-order valence-corrected chi connectivity index (χ2v) is 23.4. The summed E-state index contributed by atoms with van der Waals surface area (Å²) in [7, 11) is 0. The first-order valence-electron chi connectivity index (χ1n) is 34.8. The highest BCUT2D eigenvalue weighted by Gasteiger charge is 2.19. The number of carbonyl (C=O) groups excluding carboxylic acids is 3. The van der Waals surface area contributed by atoms with Gasteiger partial charge in [-0.2, -0.15) is 0 Å². The lowest BCUT2D eigenvalue weighted by molar-refractivity contribution is -0.167. The Morgan fingerprint density at radius 1 is 0.253 bits per heavy atom. The average molecular weight is 1110 g/mol. The van der Waals surface area contributed by atoms with Crippen molar-refractivity contribution in [1.82, 2.24) is 0 Å². The van der Waals surface area contributed by atoms with E-state index in [9.17, 15) is 14.4 Å². The highest BCUT2D eigenvalue weighted by Crippen LogP contribution is 2.17. The molecule has 0 fully saturated rings. The summed E-state index contributed by atoms with van der Waals surface area (Å²) in [6.45, 7) is 6.63. The van der Waals surface area contributed by atoms with E-state index in [1.165, 1.54) is 250 Å². The quantitative estimate of drug-likeness (QED) is 0.0261. The monoisotopic (exact) mass is 1110 g/mol. The van der Waals surface area contributed by atoms with Gasteiger partial charge in [-0.05, 0) is 103 Å². The molecule has 6 nitrogen and oxygen atoms in total. The van der Waals surface area contributed by atoms with Crippen LogP contribution in [-0.2, 0) is 28.6 Å². The van der Waals surface area contributed by atoms with E-state index in [-0.39, 0.29) is 31.1 Å². The minimum absolute atomic E-state index is 0.0755. The molecule has 0 radical (unpaired) electrons. The first-order chi connectivity index (χ1) is 39.0. The summed E-state index contributed by atoms with van der Waals surface area (Å²) in [5.41, 5.74) is 0. The molecule has 0 saturated heterocycles. The van der Waals surface area contributed by atoms with E-state index in [1.807, 2.05) is 0 Å². The van der Waals surface area contributed by atoms with Crippen molar-refractivity contribution in [2.75, 3.05) is 13.2 Å². The summed E-state index contributed by atoms with van der Waals surface area (Å²) in [5, 5.41) is 0. The Kier molecular flexibility index (Phi) is 65.1. The van der Waals surface area contributed by atoms with Crippen LogP contribution in [0.1, 0.15) is 367 Å². The van der Waals surface area contributed by atoms with Gasteiger partial charge in [0.15, 0.2) is 6.10 Å². The number of ether oxygens (including phenoxy) is 3. The summed E-state index contributed by atoms with van der Waals surface area (Å²) in [4.78, 5) is 38.3. The van der Waals surface area contributed by atoms with Crippen molar-refractivity contribution < 1.29 is 28.6 Å². The van der Waals surface area contributed by atoms with Gasteiger partial charge in [0, 0.05) is 19.3 Å². The van der Waals surface area contributed by atoms with Crippen LogP contribution in [-0.4, -0.2) is 37.2 Å². The molecule has 0 bridgehead atoms. The van der Waals surface area contributed by atoms with Crippen LogP contribution < -0.4 is 0 Å². The van der Waals surface area contributed by atoms with Gasteiger partial charge in [0.25, 0.3) is 0 Å². The average Bonchev–Trinajstić information content (AvgIpc) is 3.45. The van der Waals surface area contributed by atoms with Crippen LogP contribution in [0.25, 0.3) is 0 Å². The number of hydrogen-bond acceptors (Lipinski definition) is 6. The molecule has 79 heavy (non-hydrogen) atoms. The van der Waals surface area contributed by atoms with Crippen LogP contribution in [0.2, 0.25) is 0 Å². The molecule has 0 aliphatic heterocycles. The SMILES string of the molecule is CCCC/C=C\CCCCCCCC(=O)OCC(COC(=O)CCCCCCCCCCCCCC/C=C\C/C=C\C/C=C\CCCCCCC)OC(=O)CCCCCCCCCCCCC/C=C\CCCCCCCCCC. The second-order valence-electron chi connectivity index (χ2n) is 23.4. The third kappa shape index (κ3) is 65.8.